The molecule has 0 radical (unpaired) electrons. The number of rotatable bonds is 2. The maximum atomic E-state index is 5.90. The molecule has 94 valence electrons. The van der Waals surface area contributed by atoms with Crippen molar-refractivity contribution in [1.82, 2.24) is 15.2 Å². The first-order valence-electron chi connectivity index (χ1n) is 5.66. The topological polar surface area (TPSA) is 73.9 Å². The molecule has 2 rings (SSSR count). The van der Waals surface area contributed by atoms with Gasteiger partial charge in [-0.15, -0.1) is 10.2 Å². The number of nitrogens with zero attached hydrogens (tertiary/aromatic N) is 3. The lowest BCUT2D eigenvalue weighted by molar-refractivity contribution is 0.411. The van der Waals surface area contributed by atoms with Crippen LogP contribution in [-0.4, -0.2) is 22.3 Å². The van der Waals surface area contributed by atoms with Crippen molar-refractivity contribution in [2.75, 3.05) is 12.8 Å². The standard InChI is InChI=1S/C13H16N4O/c1-7-8(2)11(18-4)6-5-10(7)12-13(14)15-9(3)16-17-12/h5-6H,1-4H3,(H2,14,15,16). The summed E-state index contributed by atoms with van der Waals surface area (Å²) >= 11 is 0. The van der Waals surface area contributed by atoms with E-state index in [1.165, 1.54) is 0 Å². The number of hydrogen-bond acceptors (Lipinski definition) is 5. The third-order valence-corrected chi connectivity index (χ3v) is 3.03. The van der Waals surface area contributed by atoms with Gasteiger partial charge in [0.2, 0.25) is 0 Å². The molecule has 18 heavy (non-hydrogen) atoms. The first kappa shape index (κ1) is 12.3. The summed E-state index contributed by atoms with van der Waals surface area (Å²) in [5, 5.41) is 8.08. The second kappa shape index (κ2) is 4.60. The highest BCUT2D eigenvalue weighted by Crippen LogP contribution is 2.31. The molecule has 0 aliphatic heterocycles. The summed E-state index contributed by atoms with van der Waals surface area (Å²) < 4.78 is 5.28. The van der Waals surface area contributed by atoms with Crippen LogP contribution in [-0.2, 0) is 0 Å². The fourth-order valence-corrected chi connectivity index (χ4v) is 1.89. The fraction of sp³-hybridized carbons (Fsp3) is 0.308. The molecule has 2 aromatic rings. The zero-order valence-electron chi connectivity index (χ0n) is 11.0. The molecule has 0 amide bonds. The van der Waals surface area contributed by atoms with E-state index in [-0.39, 0.29) is 0 Å². The second-order valence-electron chi connectivity index (χ2n) is 4.16. The van der Waals surface area contributed by atoms with Gasteiger partial charge < -0.3 is 10.5 Å². The number of benzene rings is 1. The predicted octanol–water partition coefficient (Wildman–Crippen LogP) is 2.05. The van der Waals surface area contributed by atoms with Crippen LogP contribution in [0.2, 0.25) is 0 Å². The quantitative estimate of drug-likeness (QED) is 0.875. The van der Waals surface area contributed by atoms with Crippen molar-refractivity contribution in [2.45, 2.75) is 20.8 Å². The number of aromatic nitrogens is 3. The summed E-state index contributed by atoms with van der Waals surface area (Å²) in [5.74, 6) is 1.82. The van der Waals surface area contributed by atoms with Gasteiger partial charge in [-0.2, -0.15) is 0 Å². The number of methoxy groups -OCH3 is 1. The molecule has 2 N–H and O–H groups in total. The van der Waals surface area contributed by atoms with Gasteiger partial charge in [-0.05, 0) is 44.0 Å². The molecule has 0 spiro atoms. The van der Waals surface area contributed by atoms with Gasteiger partial charge >= 0.3 is 0 Å². The Labute approximate surface area is 106 Å². The van der Waals surface area contributed by atoms with Crippen LogP contribution >= 0.6 is 0 Å². The number of nitrogens with two attached hydrogens (primary N) is 1. The smallest absolute Gasteiger partial charge is 0.154 e. The molecule has 0 saturated heterocycles. The van der Waals surface area contributed by atoms with E-state index in [0.29, 0.717) is 17.3 Å². The molecule has 5 heteroatoms. The monoisotopic (exact) mass is 244 g/mol. The summed E-state index contributed by atoms with van der Waals surface area (Å²) in [6.45, 7) is 5.77. The summed E-state index contributed by atoms with van der Waals surface area (Å²) in [4.78, 5) is 4.14. The lowest BCUT2D eigenvalue weighted by Crippen LogP contribution is -2.03. The Morgan fingerprint density at radius 3 is 2.39 bits per heavy atom. The number of nitrogen functional groups attached to an aromatic ring is 1. The molecule has 0 saturated carbocycles. The first-order chi connectivity index (χ1) is 8.54. The Morgan fingerprint density at radius 1 is 1.06 bits per heavy atom. The molecule has 1 aromatic heterocycles. The molecule has 0 fully saturated rings. The lowest BCUT2D eigenvalue weighted by Gasteiger charge is -2.12. The number of anilines is 1. The van der Waals surface area contributed by atoms with Crippen LogP contribution in [0.3, 0.4) is 0 Å². The van der Waals surface area contributed by atoms with Gasteiger partial charge in [0.15, 0.2) is 5.82 Å². The minimum atomic E-state index is 0.398. The van der Waals surface area contributed by atoms with E-state index in [1.54, 1.807) is 14.0 Å². The largest absolute Gasteiger partial charge is 0.496 e. The van der Waals surface area contributed by atoms with Crippen molar-refractivity contribution in [3.8, 4) is 17.0 Å². The molecule has 0 bridgehead atoms. The molecule has 0 aliphatic rings. The van der Waals surface area contributed by atoms with Crippen LogP contribution in [0.5, 0.6) is 5.75 Å². The first-order valence-corrected chi connectivity index (χ1v) is 5.66. The van der Waals surface area contributed by atoms with Crippen LogP contribution < -0.4 is 10.5 Å². The fourth-order valence-electron chi connectivity index (χ4n) is 1.89. The Kier molecular flexibility index (Phi) is 3.14. The molecule has 0 atom stereocenters. The minimum Gasteiger partial charge on any atom is -0.496 e. The van der Waals surface area contributed by atoms with Crippen LogP contribution in [0.4, 0.5) is 5.82 Å². The normalized spacial score (nSPS) is 10.4. The zero-order valence-corrected chi connectivity index (χ0v) is 11.0. The van der Waals surface area contributed by atoms with Crippen molar-refractivity contribution in [3.63, 3.8) is 0 Å². The van der Waals surface area contributed by atoms with E-state index in [0.717, 1.165) is 22.4 Å². The predicted molar refractivity (Wildman–Crippen MR) is 70.4 cm³/mol. The maximum absolute atomic E-state index is 5.90. The number of hydrogen-bond donors (Lipinski definition) is 1. The maximum Gasteiger partial charge on any atom is 0.154 e. The molecule has 1 heterocycles. The van der Waals surface area contributed by atoms with Gasteiger partial charge in [0.05, 0.1) is 7.11 Å². The molecule has 5 nitrogen and oxygen atoms in total. The van der Waals surface area contributed by atoms with Gasteiger partial charge in [0.25, 0.3) is 0 Å². The van der Waals surface area contributed by atoms with Crippen LogP contribution in [0.25, 0.3) is 11.3 Å². The highest BCUT2D eigenvalue weighted by molar-refractivity contribution is 5.74. The van der Waals surface area contributed by atoms with Gasteiger partial charge in [-0.1, -0.05) is 0 Å². The van der Waals surface area contributed by atoms with Gasteiger partial charge in [0.1, 0.15) is 17.3 Å². The highest BCUT2D eigenvalue weighted by Gasteiger charge is 2.13. The molecular formula is C13H16N4O. The van der Waals surface area contributed by atoms with Gasteiger partial charge in [0, 0.05) is 5.56 Å². The van der Waals surface area contributed by atoms with Crippen molar-refractivity contribution in [1.29, 1.82) is 0 Å². The molecule has 0 aliphatic carbocycles. The van der Waals surface area contributed by atoms with Gasteiger partial charge in [-0.25, -0.2) is 4.98 Å². The van der Waals surface area contributed by atoms with E-state index < -0.39 is 0 Å². The van der Waals surface area contributed by atoms with Crippen LogP contribution in [0, 0.1) is 20.8 Å². The Balaban J connectivity index is 2.61. The Hall–Kier alpha value is -2.17. The highest BCUT2D eigenvalue weighted by atomic mass is 16.5. The van der Waals surface area contributed by atoms with Crippen molar-refractivity contribution in [3.05, 3.63) is 29.1 Å². The van der Waals surface area contributed by atoms with Crippen molar-refractivity contribution >= 4 is 5.82 Å². The van der Waals surface area contributed by atoms with E-state index in [4.69, 9.17) is 10.5 Å². The summed E-state index contributed by atoms with van der Waals surface area (Å²) in [7, 11) is 1.66. The van der Waals surface area contributed by atoms with Gasteiger partial charge in [-0.3, -0.25) is 0 Å². The second-order valence-corrected chi connectivity index (χ2v) is 4.16. The van der Waals surface area contributed by atoms with E-state index in [2.05, 4.69) is 15.2 Å². The van der Waals surface area contributed by atoms with E-state index in [1.807, 2.05) is 26.0 Å². The lowest BCUT2D eigenvalue weighted by atomic mass is 10.00. The zero-order chi connectivity index (χ0) is 13.3. The average Bonchev–Trinajstić information content (AvgIpc) is 2.34. The summed E-state index contributed by atoms with van der Waals surface area (Å²) in [6.07, 6.45) is 0. The summed E-state index contributed by atoms with van der Waals surface area (Å²) in [5.41, 5.74) is 9.59. The van der Waals surface area contributed by atoms with Crippen LogP contribution in [0.15, 0.2) is 12.1 Å². The average molecular weight is 244 g/mol. The SMILES string of the molecule is COc1ccc(-c2nnc(C)nc2N)c(C)c1C. The molecule has 1 aromatic carbocycles. The van der Waals surface area contributed by atoms with Crippen molar-refractivity contribution in [2.24, 2.45) is 0 Å². The molecular weight excluding hydrogens is 228 g/mol. The Bertz CT molecular complexity index is 596. The van der Waals surface area contributed by atoms with E-state index in [9.17, 15) is 0 Å². The van der Waals surface area contributed by atoms with E-state index >= 15 is 0 Å². The number of aryl methyl sites for hydroxylation is 1. The Morgan fingerprint density at radius 2 is 1.78 bits per heavy atom. The molecule has 0 unspecified atom stereocenters. The minimum absolute atomic E-state index is 0.398. The third-order valence-electron chi connectivity index (χ3n) is 3.03. The van der Waals surface area contributed by atoms with Crippen LogP contribution in [0.1, 0.15) is 17.0 Å². The number of ether oxygens (including phenoxy) is 1. The summed E-state index contributed by atoms with van der Waals surface area (Å²) in [6, 6.07) is 3.83. The van der Waals surface area contributed by atoms with Crippen molar-refractivity contribution < 1.29 is 4.74 Å². The third kappa shape index (κ3) is 1.99.